The molecule has 3 rings (SSSR count). The molecule has 26 heavy (non-hydrogen) atoms. The molecule has 1 N–H and O–H groups in total. The van der Waals surface area contributed by atoms with Crippen LogP contribution in [0.2, 0.25) is 0 Å². The van der Waals surface area contributed by atoms with Crippen molar-refractivity contribution >= 4 is 11.7 Å². The molecular formula is C20H24N2O4. The molecule has 2 aromatic rings. The zero-order chi connectivity index (χ0) is 18.7. The van der Waals surface area contributed by atoms with Gasteiger partial charge in [-0.15, -0.1) is 0 Å². The topological polar surface area (TPSA) is 74.0 Å². The van der Waals surface area contributed by atoms with Crippen LogP contribution in [0.15, 0.2) is 47.1 Å². The van der Waals surface area contributed by atoms with Gasteiger partial charge in [0.15, 0.2) is 11.5 Å². The van der Waals surface area contributed by atoms with E-state index in [1.807, 2.05) is 17.0 Å². The molecule has 0 saturated carbocycles. The van der Waals surface area contributed by atoms with E-state index in [0.29, 0.717) is 24.4 Å². The summed E-state index contributed by atoms with van der Waals surface area (Å²) in [6.45, 7) is 5.79. The third-order valence-electron chi connectivity index (χ3n) is 4.91. The predicted molar refractivity (Wildman–Crippen MR) is 96.9 cm³/mol. The maximum atomic E-state index is 12.5. The van der Waals surface area contributed by atoms with Gasteiger partial charge in [-0.25, -0.2) is 0 Å². The minimum Gasteiger partial charge on any atom is -0.459 e. The van der Waals surface area contributed by atoms with Crippen LogP contribution in [0.25, 0.3) is 0 Å². The summed E-state index contributed by atoms with van der Waals surface area (Å²) in [6.07, 6.45) is 1.52. The number of aliphatic hydroxyl groups is 1. The van der Waals surface area contributed by atoms with Crippen molar-refractivity contribution in [3.05, 3.63) is 59.5 Å². The highest BCUT2D eigenvalue weighted by atomic mass is 16.3. The van der Waals surface area contributed by atoms with E-state index >= 15 is 0 Å². The number of carbonyl (C=O) groups excluding carboxylic acids is 2. The Morgan fingerprint density at radius 1 is 1.12 bits per heavy atom. The van der Waals surface area contributed by atoms with Gasteiger partial charge >= 0.3 is 0 Å². The average Bonchev–Trinajstić information content (AvgIpc) is 3.18. The van der Waals surface area contributed by atoms with Crippen LogP contribution in [0.4, 0.5) is 0 Å². The van der Waals surface area contributed by atoms with Crippen molar-refractivity contribution in [3.8, 4) is 0 Å². The first kappa shape index (κ1) is 18.4. The Bertz CT molecular complexity index is 743. The van der Waals surface area contributed by atoms with Gasteiger partial charge in [-0.05, 0) is 31.5 Å². The molecule has 6 heteroatoms. The average molecular weight is 356 g/mol. The maximum absolute atomic E-state index is 12.5. The van der Waals surface area contributed by atoms with Crippen LogP contribution in [0.3, 0.4) is 0 Å². The number of aliphatic hydroxyl groups excluding tert-OH is 1. The van der Waals surface area contributed by atoms with Crippen molar-refractivity contribution in [1.82, 2.24) is 9.80 Å². The lowest BCUT2D eigenvalue weighted by atomic mass is 10.0. The molecule has 2 heterocycles. The third kappa shape index (κ3) is 3.86. The van der Waals surface area contributed by atoms with Crippen LogP contribution in [0.1, 0.15) is 40.3 Å². The lowest BCUT2D eigenvalue weighted by Crippen LogP contribution is -2.57. The highest BCUT2D eigenvalue weighted by Gasteiger charge is 2.32. The molecule has 6 nitrogen and oxygen atoms in total. The van der Waals surface area contributed by atoms with E-state index in [-0.39, 0.29) is 23.8 Å². The molecule has 1 aliphatic rings. The molecule has 138 valence electrons. The summed E-state index contributed by atoms with van der Waals surface area (Å²) >= 11 is 0. The minimum atomic E-state index is -0.473. The van der Waals surface area contributed by atoms with E-state index in [9.17, 15) is 9.59 Å². The van der Waals surface area contributed by atoms with Crippen molar-refractivity contribution in [2.45, 2.75) is 32.5 Å². The predicted octanol–water partition coefficient (Wildman–Crippen LogP) is 2.19. The first-order valence-electron chi connectivity index (χ1n) is 8.81. The lowest BCUT2D eigenvalue weighted by molar-refractivity contribution is 0.0250. The largest absolute Gasteiger partial charge is 0.459 e. The number of rotatable bonds is 5. The van der Waals surface area contributed by atoms with Gasteiger partial charge in [0.05, 0.1) is 6.26 Å². The Labute approximate surface area is 153 Å². The molecule has 1 aliphatic heterocycles. The van der Waals surface area contributed by atoms with Crippen LogP contribution in [-0.4, -0.2) is 58.4 Å². The summed E-state index contributed by atoms with van der Waals surface area (Å²) in [4.78, 5) is 28.2. The van der Waals surface area contributed by atoms with E-state index in [1.54, 1.807) is 24.3 Å². The smallest absolute Gasteiger partial charge is 0.289 e. The van der Waals surface area contributed by atoms with Crippen LogP contribution in [0.5, 0.6) is 0 Å². The molecule has 1 aromatic heterocycles. The Morgan fingerprint density at radius 2 is 1.77 bits per heavy atom. The Kier molecular flexibility index (Phi) is 5.54. The second-order valence-electron chi connectivity index (χ2n) is 6.84. The van der Waals surface area contributed by atoms with Gasteiger partial charge < -0.3 is 14.4 Å². The fraction of sp³-hybridized carbons (Fsp3) is 0.400. The molecule has 1 amide bonds. The molecule has 2 atom stereocenters. The first-order valence-corrected chi connectivity index (χ1v) is 8.81. The van der Waals surface area contributed by atoms with E-state index in [0.717, 1.165) is 12.1 Å². The molecule has 1 aromatic carbocycles. The highest BCUT2D eigenvalue weighted by Crippen LogP contribution is 2.21. The number of hydrogen-bond acceptors (Lipinski definition) is 5. The van der Waals surface area contributed by atoms with Gasteiger partial charge in [-0.1, -0.05) is 24.3 Å². The number of hydrogen-bond donors (Lipinski definition) is 1. The van der Waals surface area contributed by atoms with Crippen molar-refractivity contribution in [1.29, 1.82) is 0 Å². The number of furan rings is 1. The monoisotopic (exact) mass is 356 g/mol. The van der Waals surface area contributed by atoms with E-state index in [1.165, 1.54) is 6.26 Å². The van der Waals surface area contributed by atoms with Gasteiger partial charge in [-0.3, -0.25) is 14.5 Å². The Balaban J connectivity index is 1.65. The van der Waals surface area contributed by atoms with Gasteiger partial charge in [0.2, 0.25) is 0 Å². The molecular weight excluding hydrogens is 332 g/mol. The molecule has 0 aliphatic carbocycles. The minimum absolute atomic E-state index is 0.0692. The zero-order valence-corrected chi connectivity index (χ0v) is 15.1. The van der Waals surface area contributed by atoms with E-state index < -0.39 is 6.61 Å². The number of piperazine rings is 1. The molecule has 0 radical (unpaired) electrons. The first-order chi connectivity index (χ1) is 12.5. The second-order valence-corrected chi connectivity index (χ2v) is 6.84. The number of amides is 1. The van der Waals surface area contributed by atoms with Gasteiger partial charge in [0.25, 0.3) is 5.91 Å². The van der Waals surface area contributed by atoms with Crippen molar-refractivity contribution in [3.63, 3.8) is 0 Å². The number of nitrogens with zero attached hydrogens (tertiary/aromatic N) is 2. The van der Waals surface area contributed by atoms with Crippen LogP contribution >= 0.6 is 0 Å². The van der Waals surface area contributed by atoms with Crippen molar-refractivity contribution < 1.29 is 19.1 Å². The fourth-order valence-electron chi connectivity index (χ4n) is 3.49. The van der Waals surface area contributed by atoms with Gasteiger partial charge in [0.1, 0.15) is 6.61 Å². The van der Waals surface area contributed by atoms with Gasteiger partial charge in [-0.2, -0.15) is 0 Å². The van der Waals surface area contributed by atoms with Crippen LogP contribution in [-0.2, 0) is 6.54 Å². The second kappa shape index (κ2) is 7.85. The van der Waals surface area contributed by atoms with Crippen molar-refractivity contribution in [2.75, 3.05) is 19.7 Å². The van der Waals surface area contributed by atoms with Gasteiger partial charge in [0, 0.05) is 37.3 Å². The Hall–Kier alpha value is -2.44. The summed E-state index contributed by atoms with van der Waals surface area (Å²) in [5.41, 5.74) is 1.62. The normalized spacial score (nSPS) is 21.0. The Morgan fingerprint density at radius 3 is 2.31 bits per heavy atom. The standard InChI is InChI=1S/C20H24N2O4/c1-14-10-21(20(25)19-4-3-9-26-19)11-15(2)22(14)12-16-5-7-17(8-6-16)18(24)13-23/h3-9,14-15,23H,10-13H2,1-2H3/t14-,15+. The molecule has 0 spiro atoms. The number of ketones is 1. The summed E-state index contributed by atoms with van der Waals surface area (Å²) in [5.74, 6) is 0.0329. The van der Waals surface area contributed by atoms with E-state index in [4.69, 9.17) is 9.52 Å². The summed E-state index contributed by atoms with van der Waals surface area (Å²) in [7, 11) is 0. The summed E-state index contributed by atoms with van der Waals surface area (Å²) < 4.78 is 5.23. The van der Waals surface area contributed by atoms with E-state index in [2.05, 4.69) is 18.7 Å². The van der Waals surface area contributed by atoms with Crippen molar-refractivity contribution in [2.24, 2.45) is 0 Å². The van der Waals surface area contributed by atoms with Crippen LogP contribution in [0, 0.1) is 0 Å². The highest BCUT2D eigenvalue weighted by molar-refractivity contribution is 5.96. The number of benzene rings is 1. The zero-order valence-electron chi connectivity index (χ0n) is 15.1. The summed E-state index contributed by atoms with van der Waals surface area (Å²) in [6, 6.07) is 11.2. The summed E-state index contributed by atoms with van der Waals surface area (Å²) in [5, 5.41) is 8.93. The quantitative estimate of drug-likeness (QED) is 0.832. The fourth-order valence-corrected chi connectivity index (χ4v) is 3.49. The van der Waals surface area contributed by atoms with Crippen LogP contribution < -0.4 is 0 Å². The maximum Gasteiger partial charge on any atom is 0.289 e. The SMILES string of the molecule is C[C@@H]1CN(C(=O)c2ccco2)C[C@H](C)N1Cc1ccc(C(=O)CO)cc1. The molecule has 1 saturated heterocycles. The lowest BCUT2D eigenvalue weighted by Gasteiger charge is -2.44. The number of carbonyl (C=O) groups is 2. The molecule has 1 fully saturated rings. The number of Topliss-reactive ketones (excluding diaryl/α,β-unsaturated/α-hetero) is 1. The molecule has 0 bridgehead atoms. The third-order valence-corrected chi connectivity index (χ3v) is 4.91. The molecule has 0 unspecified atom stereocenters.